The number of nitrogens with zero attached hydrogens (tertiary/aromatic N) is 3. The molecule has 0 spiro atoms. The molecule has 0 aliphatic rings. The molecular formula is C15H11N3S. The monoisotopic (exact) mass is 265 g/mol. The summed E-state index contributed by atoms with van der Waals surface area (Å²) in [4.78, 5) is 12.5. The average Bonchev–Trinajstić information content (AvgIpc) is 2.87. The summed E-state index contributed by atoms with van der Waals surface area (Å²) < 4.78 is 1.16. The van der Waals surface area contributed by atoms with Gasteiger partial charge in [-0.2, -0.15) is 0 Å². The first-order valence-corrected chi connectivity index (χ1v) is 6.69. The smallest absolute Gasteiger partial charge is 0.117 e. The number of hydrogen-bond donors (Lipinski definition) is 0. The van der Waals surface area contributed by atoms with Gasteiger partial charge in [0.1, 0.15) is 10.5 Å². The third-order valence-electron chi connectivity index (χ3n) is 2.55. The molecule has 4 heteroatoms. The van der Waals surface area contributed by atoms with E-state index in [9.17, 15) is 0 Å². The molecule has 0 fully saturated rings. The minimum atomic E-state index is 0.949. The van der Waals surface area contributed by atoms with E-state index in [0.29, 0.717) is 0 Å². The molecule has 19 heavy (non-hydrogen) atoms. The maximum absolute atomic E-state index is 4.48. The highest BCUT2D eigenvalue weighted by atomic mass is 32.1. The van der Waals surface area contributed by atoms with Crippen molar-refractivity contribution in [3.63, 3.8) is 0 Å². The first kappa shape index (κ1) is 11.7. The third-order valence-corrected chi connectivity index (χ3v) is 3.55. The van der Waals surface area contributed by atoms with Crippen molar-refractivity contribution in [1.29, 1.82) is 0 Å². The van der Waals surface area contributed by atoms with Crippen LogP contribution in [0.3, 0.4) is 0 Å². The second-order valence-corrected chi connectivity index (χ2v) is 4.96. The summed E-state index contributed by atoms with van der Waals surface area (Å²) in [5, 5.41) is 0.988. The van der Waals surface area contributed by atoms with Gasteiger partial charge in [-0.25, -0.2) is 4.98 Å². The Labute approximate surface area is 115 Å². The summed E-state index contributed by atoms with van der Waals surface area (Å²) >= 11 is 1.66. The maximum atomic E-state index is 4.48. The molecule has 92 valence electrons. The van der Waals surface area contributed by atoms with Gasteiger partial charge in [-0.05, 0) is 29.8 Å². The van der Waals surface area contributed by atoms with Gasteiger partial charge in [-0.1, -0.05) is 18.2 Å². The summed E-state index contributed by atoms with van der Waals surface area (Å²) in [5.74, 6) is 0. The predicted molar refractivity (Wildman–Crippen MR) is 79.7 cm³/mol. The molecule has 0 N–H and O–H groups in total. The quantitative estimate of drug-likeness (QED) is 0.676. The highest BCUT2D eigenvalue weighted by Crippen LogP contribution is 2.21. The van der Waals surface area contributed by atoms with E-state index >= 15 is 0 Å². The van der Waals surface area contributed by atoms with Gasteiger partial charge in [-0.15, -0.1) is 11.3 Å². The van der Waals surface area contributed by atoms with E-state index in [1.165, 1.54) is 0 Å². The molecule has 3 heterocycles. The van der Waals surface area contributed by atoms with Crippen molar-refractivity contribution in [3.8, 4) is 0 Å². The molecule has 0 atom stereocenters. The summed E-state index contributed by atoms with van der Waals surface area (Å²) in [6, 6.07) is 5.92. The third kappa shape index (κ3) is 2.92. The van der Waals surface area contributed by atoms with Crippen LogP contribution in [0.15, 0.2) is 55.1 Å². The van der Waals surface area contributed by atoms with E-state index in [0.717, 1.165) is 20.8 Å². The van der Waals surface area contributed by atoms with Crippen LogP contribution in [0.2, 0.25) is 0 Å². The molecule has 3 rings (SSSR count). The molecule has 0 aliphatic heterocycles. The van der Waals surface area contributed by atoms with E-state index in [1.54, 1.807) is 36.1 Å². The van der Waals surface area contributed by atoms with Gasteiger partial charge in [0.05, 0.1) is 10.9 Å². The fourth-order valence-electron chi connectivity index (χ4n) is 1.65. The fourth-order valence-corrected chi connectivity index (χ4v) is 2.50. The van der Waals surface area contributed by atoms with Gasteiger partial charge >= 0.3 is 0 Å². The first-order valence-electron chi connectivity index (χ1n) is 5.87. The zero-order valence-electron chi connectivity index (χ0n) is 10.1. The van der Waals surface area contributed by atoms with Crippen molar-refractivity contribution < 1.29 is 0 Å². The van der Waals surface area contributed by atoms with Crippen molar-refractivity contribution in [2.24, 2.45) is 0 Å². The summed E-state index contributed by atoms with van der Waals surface area (Å²) in [6.07, 6.45) is 15.2. The lowest BCUT2D eigenvalue weighted by molar-refractivity contribution is 1.32. The van der Waals surface area contributed by atoms with Crippen molar-refractivity contribution in [2.45, 2.75) is 0 Å². The van der Waals surface area contributed by atoms with Crippen LogP contribution in [0.4, 0.5) is 0 Å². The van der Waals surface area contributed by atoms with Gasteiger partial charge in [0.15, 0.2) is 0 Å². The number of hydrogen-bond acceptors (Lipinski definition) is 4. The van der Waals surface area contributed by atoms with Crippen LogP contribution in [-0.2, 0) is 0 Å². The molecular weight excluding hydrogens is 254 g/mol. The highest BCUT2D eigenvalue weighted by molar-refractivity contribution is 7.19. The normalized spacial score (nSPS) is 11.8. The maximum Gasteiger partial charge on any atom is 0.117 e. The van der Waals surface area contributed by atoms with Gasteiger partial charge in [0.2, 0.25) is 0 Å². The zero-order chi connectivity index (χ0) is 12.9. The number of rotatable bonds is 3. The lowest BCUT2D eigenvalue weighted by atomic mass is 10.2. The first-order chi connectivity index (χ1) is 9.42. The second-order valence-electron chi connectivity index (χ2n) is 3.89. The Bertz CT molecular complexity index is 696. The van der Waals surface area contributed by atoms with Crippen molar-refractivity contribution in [2.75, 3.05) is 0 Å². The van der Waals surface area contributed by atoms with Gasteiger partial charge in [-0.3, -0.25) is 9.97 Å². The molecule has 0 bridgehead atoms. The fraction of sp³-hybridized carbons (Fsp3) is 0. The van der Waals surface area contributed by atoms with E-state index in [4.69, 9.17) is 0 Å². The Balaban J connectivity index is 1.74. The zero-order valence-corrected chi connectivity index (χ0v) is 10.9. The van der Waals surface area contributed by atoms with Gasteiger partial charge in [0.25, 0.3) is 0 Å². The second kappa shape index (κ2) is 5.54. The van der Waals surface area contributed by atoms with E-state index in [-0.39, 0.29) is 0 Å². The van der Waals surface area contributed by atoms with Crippen LogP contribution >= 0.6 is 11.3 Å². The molecule has 0 unspecified atom stereocenters. The number of pyridine rings is 2. The van der Waals surface area contributed by atoms with Crippen molar-refractivity contribution >= 4 is 33.7 Å². The predicted octanol–water partition coefficient (Wildman–Crippen LogP) is 3.81. The van der Waals surface area contributed by atoms with Crippen molar-refractivity contribution in [3.05, 3.63) is 65.7 Å². The number of thiazole rings is 1. The van der Waals surface area contributed by atoms with Gasteiger partial charge in [0, 0.05) is 18.6 Å². The Morgan fingerprint density at radius 3 is 2.53 bits per heavy atom. The van der Waals surface area contributed by atoms with E-state index < -0.39 is 0 Å². The van der Waals surface area contributed by atoms with Gasteiger partial charge < -0.3 is 0 Å². The van der Waals surface area contributed by atoms with E-state index in [2.05, 4.69) is 15.0 Å². The van der Waals surface area contributed by atoms with Crippen LogP contribution in [-0.4, -0.2) is 15.0 Å². The SMILES string of the molecule is C(/C=C/c1nc2cnccc2s1)=C\c1ccncc1. The average molecular weight is 265 g/mol. The molecule has 3 aromatic rings. The van der Waals surface area contributed by atoms with Crippen LogP contribution in [0, 0.1) is 0 Å². The number of allylic oxidation sites excluding steroid dienone is 2. The largest absolute Gasteiger partial charge is 0.265 e. The molecule has 0 saturated heterocycles. The van der Waals surface area contributed by atoms with Crippen LogP contribution in [0.1, 0.15) is 10.6 Å². The lowest BCUT2D eigenvalue weighted by Gasteiger charge is -1.87. The Morgan fingerprint density at radius 1 is 0.895 bits per heavy atom. The van der Waals surface area contributed by atoms with E-state index in [1.807, 2.05) is 42.5 Å². The molecule has 0 radical (unpaired) electrons. The lowest BCUT2D eigenvalue weighted by Crippen LogP contribution is -1.71. The molecule has 3 nitrogen and oxygen atoms in total. The minimum absolute atomic E-state index is 0.949. The summed E-state index contributed by atoms with van der Waals surface area (Å²) in [5.41, 5.74) is 2.08. The molecule has 0 aromatic carbocycles. The Morgan fingerprint density at radius 2 is 1.68 bits per heavy atom. The van der Waals surface area contributed by atoms with Crippen LogP contribution in [0.5, 0.6) is 0 Å². The summed E-state index contributed by atoms with van der Waals surface area (Å²) in [6.45, 7) is 0. The van der Waals surface area contributed by atoms with Crippen molar-refractivity contribution in [1.82, 2.24) is 15.0 Å². The standard InChI is InChI=1S/C15H11N3S/c1(3-12-5-8-16-9-6-12)2-4-15-18-13-11-17-10-7-14(13)19-15/h1-11H/b3-1+,4-2+. The highest BCUT2D eigenvalue weighted by Gasteiger charge is 1.98. The summed E-state index contributed by atoms with van der Waals surface area (Å²) in [7, 11) is 0. The molecule has 0 aliphatic carbocycles. The number of aromatic nitrogens is 3. The Hall–Kier alpha value is -2.33. The number of fused-ring (bicyclic) bond motifs is 1. The van der Waals surface area contributed by atoms with Crippen LogP contribution < -0.4 is 0 Å². The molecule has 3 aromatic heterocycles. The molecule has 0 amide bonds. The Kier molecular flexibility index (Phi) is 3.42. The minimum Gasteiger partial charge on any atom is -0.265 e. The van der Waals surface area contributed by atoms with Crippen LogP contribution in [0.25, 0.3) is 22.4 Å². The molecule has 0 saturated carbocycles. The topological polar surface area (TPSA) is 38.7 Å².